The normalized spacial score (nSPS) is 12.5. The number of nitrogens with zero attached hydrogens (tertiary/aromatic N) is 2. The van der Waals surface area contributed by atoms with Gasteiger partial charge in [0.05, 0.1) is 21.5 Å². The Morgan fingerprint density at radius 3 is 2.85 bits per heavy atom. The maximum absolute atomic E-state index is 12.6. The van der Waals surface area contributed by atoms with Gasteiger partial charge < -0.3 is 5.32 Å². The lowest BCUT2D eigenvalue weighted by Crippen LogP contribution is -2.02. The summed E-state index contributed by atoms with van der Waals surface area (Å²) in [5.41, 5.74) is 3.43. The van der Waals surface area contributed by atoms with Crippen molar-refractivity contribution in [3.8, 4) is 0 Å². The molecule has 26 heavy (non-hydrogen) atoms. The molecule has 0 amide bonds. The van der Waals surface area contributed by atoms with Crippen LogP contribution in [0.1, 0.15) is 23.0 Å². The molecule has 0 bridgehead atoms. The number of carbonyl (C=O) groups is 1. The number of aryl methyl sites for hydroxylation is 1. The molecule has 6 heteroatoms. The second-order valence-corrected chi connectivity index (χ2v) is 7.79. The van der Waals surface area contributed by atoms with Gasteiger partial charge in [-0.05, 0) is 65.3 Å². The van der Waals surface area contributed by atoms with Crippen molar-refractivity contribution in [2.75, 3.05) is 5.32 Å². The van der Waals surface area contributed by atoms with Crippen LogP contribution in [0.25, 0.3) is 6.08 Å². The van der Waals surface area contributed by atoms with E-state index in [1.54, 1.807) is 23.9 Å². The minimum atomic E-state index is -0.0450. The van der Waals surface area contributed by atoms with Gasteiger partial charge in [0.15, 0.2) is 5.78 Å². The van der Waals surface area contributed by atoms with Gasteiger partial charge in [-0.1, -0.05) is 23.9 Å². The summed E-state index contributed by atoms with van der Waals surface area (Å²) in [7, 11) is 0. The molecule has 2 aromatic carbocycles. The van der Waals surface area contributed by atoms with Crippen LogP contribution in [0.5, 0.6) is 0 Å². The minimum absolute atomic E-state index is 0.0450. The van der Waals surface area contributed by atoms with Gasteiger partial charge in [-0.3, -0.25) is 9.48 Å². The monoisotopic (exact) mass is 425 g/mol. The number of ketones is 1. The second-order valence-electron chi connectivity index (χ2n) is 5.85. The maximum atomic E-state index is 12.6. The zero-order valence-corrected chi connectivity index (χ0v) is 16.5. The number of halogens is 1. The van der Waals surface area contributed by atoms with Crippen molar-refractivity contribution in [2.45, 2.75) is 23.3 Å². The highest BCUT2D eigenvalue weighted by atomic mass is 79.9. The van der Waals surface area contributed by atoms with Crippen LogP contribution in [0.15, 0.2) is 69.0 Å². The van der Waals surface area contributed by atoms with Crippen molar-refractivity contribution < 1.29 is 4.79 Å². The second kappa shape index (κ2) is 7.13. The van der Waals surface area contributed by atoms with Gasteiger partial charge in [-0.15, -0.1) is 0 Å². The first-order valence-electron chi connectivity index (χ1n) is 8.27. The number of hydrogen-bond acceptors (Lipinski definition) is 4. The molecule has 1 aromatic heterocycles. The molecule has 4 rings (SSSR count). The van der Waals surface area contributed by atoms with Crippen LogP contribution in [-0.4, -0.2) is 15.6 Å². The van der Waals surface area contributed by atoms with E-state index < -0.39 is 0 Å². The van der Waals surface area contributed by atoms with Crippen molar-refractivity contribution in [3.05, 3.63) is 70.5 Å². The number of aromatic nitrogens is 2. The van der Waals surface area contributed by atoms with Crippen LogP contribution in [0.4, 0.5) is 11.4 Å². The Morgan fingerprint density at radius 2 is 2.04 bits per heavy atom. The Morgan fingerprint density at radius 1 is 1.23 bits per heavy atom. The minimum Gasteiger partial charge on any atom is -0.354 e. The van der Waals surface area contributed by atoms with E-state index in [0.717, 1.165) is 33.0 Å². The molecule has 0 aliphatic carbocycles. The van der Waals surface area contributed by atoms with Crippen LogP contribution in [0.3, 0.4) is 0 Å². The number of fused-ring (bicyclic) bond motifs is 2. The molecule has 1 aliphatic heterocycles. The predicted octanol–water partition coefficient (Wildman–Crippen LogP) is 5.77. The van der Waals surface area contributed by atoms with Crippen LogP contribution in [0, 0.1) is 0 Å². The zero-order valence-electron chi connectivity index (χ0n) is 14.1. The number of anilines is 2. The number of rotatable bonds is 4. The smallest absolute Gasteiger partial charge is 0.185 e. The highest BCUT2D eigenvalue weighted by molar-refractivity contribution is 9.10. The van der Waals surface area contributed by atoms with Gasteiger partial charge in [0.2, 0.25) is 0 Å². The summed E-state index contributed by atoms with van der Waals surface area (Å²) in [6, 6.07) is 13.9. The molecule has 0 saturated carbocycles. The lowest BCUT2D eigenvalue weighted by atomic mass is 10.1. The molecule has 1 aliphatic rings. The Balaban J connectivity index is 1.56. The summed E-state index contributed by atoms with van der Waals surface area (Å²) in [6.45, 7) is 2.81. The molecular formula is C20H16BrN3OS. The molecule has 0 unspecified atom stereocenters. The van der Waals surface area contributed by atoms with E-state index in [4.69, 9.17) is 0 Å². The number of para-hydroxylation sites is 1. The molecule has 1 N–H and O–H groups in total. The summed E-state index contributed by atoms with van der Waals surface area (Å²) in [5.74, 6) is -0.0450. The molecule has 3 aromatic rings. The topological polar surface area (TPSA) is 46.9 Å². The quantitative estimate of drug-likeness (QED) is 0.333. The fraction of sp³-hybridized carbons (Fsp3) is 0.100. The van der Waals surface area contributed by atoms with Gasteiger partial charge in [0, 0.05) is 28.1 Å². The average Bonchev–Trinajstić information content (AvgIpc) is 3.03. The van der Waals surface area contributed by atoms with E-state index in [-0.39, 0.29) is 5.78 Å². The number of allylic oxidation sites excluding steroid dienone is 1. The zero-order chi connectivity index (χ0) is 18.1. The number of carbonyl (C=O) groups excluding carboxylic acids is 1. The van der Waals surface area contributed by atoms with Gasteiger partial charge >= 0.3 is 0 Å². The maximum Gasteiger partial charge on any atom is 0.185 e. The van der Waals surface area contributed by atoms with Crippen LogP contribution < -0.4 is 5.32 Å². The van der Waals surface area contributed by atoms with Crippen molar-refractivity contribution in [1.29, 1.82) is 0 Å². The van der Waals surface area contributed by atoms with Crippen LogP contribution >= 0.6 is 27.7 Å². The Bertz CT molecular complexity index is 1030. The summed E-state index contributed by atoms with van der Waals surface area (Å²) >= 11 is 5.18. The number of benzene rings is 2. The molecular weight excluding hydrogens is 410 g/mol. The standard InChI is InChI=1S/C20H16BrN3OS/c1-2-24-12-14(21)15(23-24)8-9-18(25)13-7-10-20-17(11-13)22-16-5-3-4-6-19(16)26-20/h3-12,22H,2H2,1H3/b9-8+. The molecule has 2 heterocycles. The first-order chi connectivity index (χ1) is 12.6. The van der Waals surface area contributed by atoms with Gasteiger partial charge in [0.1, 0.15) is 0 Å². The molecule has 0 saturated heterocycles. The van der Waals surface area contributed by atoms with Crippen molar-refractivity contribution in [3.63, 3.8) is 0 Å². The van der Waals surface area contributed by atoms with Gasteiger partial charge in [0.25, 0.3) is 0 Å². The Hall–Kier alpha value is -2.31. The van der Waals surface area contributed by atoms with E-state index >= 15 is 0 Å². The average molecular weight is 426 g/mol. The number of nitrogens with one attached hydrogen (secondary N) is 1. The summed E-state index contributed by atoms with van der Waals surface area (Å²) in [4.78, 5) is 14.9. The SMILES string of the molecule is CCn1cc(Br)c(/C=C/C(=O)c2ccc3c(c2)Nc2ccccc2S3)n1. The molecule has 130 valence electrons. The molecule has 0 fully saturated rings. The van der Waals surface area contributed by atoms with Crippen molar-refractivity contribution >= 4 is 50.9 Å². The lowest BCUT2D eigenvalue weighted by Gasteiger charge is -2.20. The van der Waals surface area contributed by atoms with Crippen molar-refractivity contribution in [2.24, 2.45) is 0 Å². The number of hydrogen-bond donors (Lipinski definition) is 1. The summed E-state index contributed by atoms with van der Waals surface area (Å²) < 4.78 is 2.70. The van der Waals surface area contributed by atoms with Crippen LogP contribution in [0.2, 0.25) is 0 Å². The van der Waals surface area contributed by atoms with Crippen LogP contribution in [-0.2, 0) is 6.54 Å². The van der Waals surface area contributed by atoms with Crippen molar-refractivity contribution in [1.82, 2.24) is 9.78 Å². The lowest BCUT2D eigenvalue weighted by molar-refractivity contribution is 0.104. The van der Waals surface area contributed by atoms with E-state index in [1.807, 2.05) is 54.2 Å². The first-order valence-corrected chi connectivity index (χ1v) is 9.88. The Kier molecular flexibility index (Phi) is 4.70. The van der Waals surface area contributed by atoms with E-state index in [9.17, 15) is 4.79 Å². The summed E-state index contributed by atoms with van der Waals surface area (Å²) in [6.07, 6.45) is 5.22. The fourth-order valence-electron chi connectivity index (χ4n) is 2.73. The third-order valence-electron chi connectivity index (χ3n) is 4.10. The highest BCUT2D eigenvalue weighted by Gasteiger charge is 2.16. The van der Waals surface area contributed by atoms with Gasteiger partial charge in [-0.2, -0.15) is 5.10 Å². The largest absolute Gasteiger partial charge is 0.354 e. The highest BCUT2D eigenvalue weighted by Crippen LogP contribution is 2.44. The fourth-order valence-corrected chi connectivity index (χ4v) is 4.15. The third-order valence-corrected chi connectivity index (χ3v) is 5.86. The van der Waals surface area contributed by atoms with Gasteiger partial charge in [-0.25, -0.2) is 0 Å². The van der Waals surface area contributed by atoms with E-state index in [1.165, 1.54) is 4.90 Å². The molecule has 0 radical (unpaired) electrons. The third kappa shape index (κ3) is 3.34. The predicted molar refractivity (Wildman–Crippen MR) is 109 cm³/mol. The van der Waals surface area contributed by atoms with E-state index in [0.29, 0.717) is 5.56 Å². The first kappa shape index (κ1) is 17.1. The molecule has 0 atom stereocenters. The summed E-state index contributed by atoms with van der Waals surface area (Å²) in [5, 5.41) is 7.81. The molecule has 4 nitrogen and oxygen atoms in total. The Labute approximate surface area is 164 Å². The van der Waals surface area contributed by atoms with E-state index in [2.05, 4.69) is 32.4 Å². The molecule has 0 spiro atoms.